The topological polar surface area (TPSA) is 20.3 Å². The Morgan fingerprint density at radius 2 is 1.68 bits per heavy atom. The zero-order chi connectivity index (χ0) is 15.7. The highest BCUT2D eigenvalue weighted by Crippen LogP contribution is 2.31. The van der Waals surface area contributed by atoms with Gasteiger partial charge in [-0.05, 0) is 48.7 Å². The lowest BCUT2D eigenvalue weighted by molar-refractivity contribution is -0.137. The van der Waals surface area contributed by atoms with Crippen molar-refractivity contribution in [1.82, 2.24) is 0 Å². The maximum atomic E-state index is 12.6. The molecule has 0 bridgehead atoms. The summed E-state index contributed by atoms with van der Waals surface area (Å²) in [6.45, 7) is 0.580. The largest absolute Gasteiger partial charge is 0.416 e. The number of halogens is 3. The highest BCUT2D eigenvalue weighted by molar-refractivity contribution is 6.06. The maximum absolute atomic E-state index is 12.6. The molecule has 2 aromatic carbocycles. The van der Waals surface area contributed by atoms with Gasteiger partial charge in [-0.3, -0.25) is 4.79 Å². The fourth-order valence-corrected chi connectivity index (χ4v) is 2.70. The molecule has 1 amide bonds. The summed E-state index contributed by atoms with van der Waals surface area (Å²) in [5.41, 5.74) is 1.46. The van der Waals surface area contributed by atoms with Gasteiger partial charge in [-0.25, -0.2) is 0 Å². The minimum absolute atomic E-state index is 0.263. The first-order valence-electron chi connectivity index (χ1n) is 7.04. The molecule has 1 heterocycles. The normalized spacial score (nSPS) is 14.6. The van der Waals surface area contributed by atoms with E-state index in [1.807, 2.05) is 24.3 Å². The van der Waals surface area contributed by atoms with Crippen molar-refractivity contribution < 1.29 is 18.0 Å². The van der Waals surface area contributed by atoms with Crippen LogP contribution in [0.1, 0.15) is 27.9 Å². The molecule has 0 unspecified atom stereocenters. The maximum Gasteiger partial charge on any atom is 0.416 e. The number of hydrogen-bond acceptors (Lipinski definition) is 1. The molecule has 0 aliphatic carbocycles. The van der Waals surface area contributed by atoms with Gasteiger partial charge < -0.3 is 4.90 Å². The minimum Gasteiger partial charge on any atom is -0.308 e. The fraction of sp³-hybridized carbons (Fsp3) is 0.235. The second-order valence-electron chi connectivity index (χ2n) is 5.26. The molecule has 0 saturated carbocycles. The zero-order valence-corrected chi connectivity index (χ0v) is 11.7. The molecular formula is C17H14F3NO. The van der Waals surface area contributed by atoms with Crippen LogP contribution in [0.15, 0.2) is 48.5 Å². The first-order valence-corrected chi connectivity index (χ1v) is 7.04. The van der Waals surface area contributed by atoms with E-state index in [9.17, 15) is 18.0 Å². The van der Waals surface area contributed by atoms with Gasteiger partial charge >= 0.3 is 6.18 Å². The summed E-state index contributed by atoms with van der Waals surface area (Å²) in [6, 6.07) is 12.0. The third kappa shape index (κ3) is 2.71. The lowest BCUT2D eigenvalue weighted by atomic mass is 10.0. The molecule has 0 N–H and O–H groups in total. The molecule has 0 radical (unpaired) electrons. The minimum atomic E-state index is -4.39. The molecule has 0 atom stereocenters. The predicted molar refractivity (Wildman–Crippen MR) is 77.9 cm³/mol. The van der Waals surface area contributed by atoms with Crippen LogP contribution in [-0.2, 0) is 12.6 Å². The number of para-hydroxylation sites is 1. The second-order valence-corrected chi connectivity index (χ2v) is 5.26. The Morgan fingerprint density at radius 1 is 1.00 bits per heavy atom. The summed E-state index contributed by atoms with van der Waals surface area (Å²) < 4.78 is 37.7. The summed E-state index contributed by atoms with van der Waals surface area (Å²) in [5, 5.41) is 0. The number of carbonyl (C=O) groups is 1. The number of anilines is 1. The van der Waals surface area contributed by atoms with Crippen molar-refractivity contribution in [1.29, 1.82) is 0 Å². The van der Waals surface area contributed by atoms with Gasteiger partial charge in [0.15, 0.2) is 0 Å². The number of benzene rings is 2. The molecule has 2 nitrogen and oxygen atoms in total. The lowest BCUT2D eigenvalue weighted by Gasteiger charge is -2.29. The van der Waals surface area contributed by atoms with Crippen molar-refractivity contribution in [2.24, 2.45) is 0 Å². The standard InChI is InChI=1S/C17H14F3NO/c18-17(19,20)14-9-7-13(8-10-14)16(22)21-11-3-5-12-4-1-2-6-15(12)21/h1-2,4,6-10H,3,5,11H2. The molecule has 1 aliphatic heterocycles. The molecule has 0 fully saturated rings. The van der Waals surface area contributed by atoms with E-state index in [0.717, 1.165) is 36.2 Å². The number of alkyl halides is 3. The van der Waals surface area contributed by atoms with E-state index in [1.165, 1.54) is 12.1 Å². The zero-order valence-electron chi connectivity index (χ0n) is 11.7. The van der Waals surface area contributed by atoms with Crippen molar-refractivity contribution >= 4 is 11.6 Å². The SMILES string of the molecule is O=C(c1ccc(C(F)(F)F)cc1)N1CCCc2ccccc21. The quantitative estimate of drug-likeness (QED) is 0.769. The van der Waals surface area contributed by atoms with Gasteiger partial charge in [0.05, 0.1) is 5.56 Å². The highest BCUT2D eigenvalue weighted by atomic mass is 19.4. The number of aryl methyl sites for hydroxylation is 1. The van der Waals surface area contributed by atoms with Crippen LogP contribution in [0.2, 0.25) is 0 Å². The fourth-order valence-electron chi connectivity index (χ4n) is 2.70. The Bertz CT molecular complexity index is 692. The molecule has 0 saturated heterocycles. The summed E-state index contributed by atoms with van der Waals surface area (Å²) in [6.07, 6.45) is -2.63. The van der Waals surface area contributed by atoms with E-state index in [-0.39, 0.29) is 11.5 Å². The summed E-state index contributed by atoms with van der Waals surface area (Å²) >= 11 is 0. The number of nitrogens with zero attached hydrogens (tertiary/aromatic N) is 1. The molecular weight excluding hydrogens is 291 g/mol. The van der Waals surface area contributed by atoms with E-state index in [4.69, 9.17) is 0 Å². The highest BCUT2D eigenvalue weighted by Gasteiger charge is 2.31. The molecule has 0 aromatic heterocycles. The number of hydrogen-bond donors (Lipinski definition) is 0. The third-order valence-electron chi connectivity index (χ3n) is 3.81. The van der Waals surface area contributed by atoms with E-state index in [1.54, 1.807) is 4.90 Å². The van der Waals surface area contributed by atoms with Gasteiger partial charge in [-0.1, -0.05) is 18.2 Å². The first kappa shape index (κ1) is 14.6. The smallest absolute Gasteiger partial charge is 0.308 e. The van der Waals surface area contributed by atoms with Gasteiger partial charge in [0.25, 0.3) is 5.91 Å². The van der Waals surface area contributed by atoms with Gasteiger partial charge in [0.2, 0.25) is 0 Å². The van der Waals surface area contributed by atoms with Crippen molar-refractivity contribution in [3.8, 4) is 0 Å². The molecule has 1 aliphatic rings. The Kier molecular flexibility index (Phi) is 3.64. The number of rotatable bonds is 1. The first-order chi connectivity index (χ1) is 10.5. The molecule has 114 valence electrons. The van der Waals surface area contributed by atoms with Crippen molar-refractivity contribution in [3.05, 3.63) is 65.2 Å². The number of fused-ring (bicyclic) bond motifs is 1. The van der Waals surface area contributed by atoms with E-state index >= 15 is 0 Å². The number of amides is 1. The van der Waals surface area contributed by atoms with E-state index in [2.05, 4.69) is 0 Å². The van der Waals surface area contributed by atoms with E-state index < -0.39 is 11.7 Å². The Morgan fingerprint density at radius 3 is 2.36 bits per heavy atom. The van der Waals surface area contributed by atoms with Crippen LogP contribution >= 0.6 is 0 Å². The average Bonchev–Trinajstić information content (AvgIpc) is 2.53. The van der Waals surface area contributed by atoms with Crippen LogP contribution in [-0.4, -0.2) is 12.5 Å². The molecule has 5 heteroatoms. The summed E-state index contributed by atoms with van der Waals surface area (Å²) in [7, 11) is 0. The molecule has 0 spiro atoms. The Balaban J connectivity index is 1.89. The summed E-state index contributed by atoms with van der Waals surface area (Å²) in [4.78, 5) is 14.2. The van der Waals surface area contributed by atoms with Crippen molar-refractivity contribution in [2.45, 2.75) is 19.0 Å². The van der Waals surface area contributed by atoms with Gasteiger partial charge in [0.1, 0.15) is 0 Å². The van der Waals surface area contributed by atoms with Crippen molar-refractivity contribution in [2.75, 3.05) is 11.4 Å². The second kappa shape index (κ2) is 5.48. The number of carbonyl (C=O) groups excluding carboxylic acids is 1. The average molecular weight is 305 g/mol. The van der Waals surface area contributed by atoms with Gasteiger partial charge in [0, 0.05) is 17.8 Å². The molecule has 3 rings (SSSR count). The molecule has 2 aromatic rings. The van der Waals surface area contributed by atoms with Crippen LogP contribution in [0.4, 0.5) is 18.9 Å². The Labute approximate surface area is 126 Å². The monoisotopic (exact) mass is 305 g/mol. The Hall–Kier alpha value is -2.30. The van der Waals surface area contributed by atoms with Crippen LogP contribution < -0.4 is 4.90 Å². The van der Waals surface area contributed by atoms with Gasteiger partial charge in [-0.2, -0.15) is 13.2 Å². The van der Waals surface area contributed by atoms with E-state index in [0.29, 0.717) is 6.54 Å². The van der Waals surface area contributed by atoms with Gasteiger partial charge in [-0.15, -0.1) is 0 Å². The van der Waals surface area contributed by atoms with Crippen LogP contribution in [0.25, 0.3) is 0 Å². The van der Waals surface area contributed by atoms with Crippen molar-refractivity contribution in [3.63, 3.8) is 0 Å². The predicted octanol–water partition coefficient (Wildman–Crippen LogP) is 4.30. The molecule has 22 heavy (non-hydrogen) atoms. The van der Waals surface area contributed by atoms with Crippen LogP contribution in [0.3, 0.4) is 0 Å². The third-order valence-corrected chi connectivity index (χ3v) is 3.81. The lowest BCUT2D eigenvalue weighted by Crippen LogP contribution is -2.35. The van der Waals surface area contributed by atoms with Crippen LogP contribution in [0, 0.1) is 0 Å². The summed E-state index contributed by atoms with van der Waals surface area (Å²) in [5.74, 6) is -0.263. The van der Waals surface area contributed by atoms with Crippen LogP contribution in [0.5, 0.6) is 0 Å².